The molecule has 0 bridgehead atoms. The maximum absolute atomic E-state index is 10.8. The third-order valence-electron chi connectivity index (χ3n) is 1.08. The van der Waals surface area contributed by atoms with Crippen LogP contribution in [0.25, 0.3) is 0 Å². The number of aromatic amines is 1. The van der Waals surface area contributed by atoms with Crippen LogP contribution in [-0.2, 0) is 0 Å². The summed E-state index contributed by atoms with van der Waals surface area (Å²) in [6, 6.07) is 2.60. The summed E-state index contributed by atoms with van der Waals surface area (Å²) < 4.78 is 0.294. The van der Waals surface area contributed by atoms with Gasteiger partial charge in [0.05, 0.1) is 16.1 Å². The molecular formula is C6H3BrLiNO3. The molecule has 0 atom stereocenters. The summed E-state index contributed by atoms with van der Waals surface area (Å²) in [5.74, 6) is -1.39. The van der Waals surface area contributed by atoms with Gasteiger partial charge in [0.1, 0.15) is 0 Å². The van der Waals surface area contributed by atoms with Gasteiger partial charge in [0.25, 0.3) is 5.56 Å². The smallest absolute Gasteiger partial charge is 0.543 e. The molecule has 1 heterocycles. The standard InChI is InChI=1S/C6H4BrNO3.Li/c7-3-1-2-4(6(10)11)8-5(3)9;/h1-2H,(H,8,9)(H,10,11);/q;+1/p-1. The molecule has 6 heteroatoms. The number of hydrogen-bond donors (Lipinski definition) is 1. The maximum Gasteiger partial charge on any atom is 1.00 e. The van der Waals surface area contributed by atoms with Gasteiger partial charge in [-0.15, -0.1) is 0 Å². The van der Waals surface area contributed by atoms with Crippen molar-refractivity contribution in [1.29, 1.82) is 0 Å². The van der Waals surface area contributed by atoms with Crippen molar-refractivity contribution >= 4 is 21.9 Å². The molecule has 4 nitrogen and oxygen atoms in total. The van der Waals surface area contributed by atoms with Gasteiger partial charge >= 0.3 is 18.9 Å². The molecular weight excluding hydrogens is 221 g/mol. The van der Waals surface area contributed by atoms with Crippen LogP contribution in [0.3, 0.4) is 0 Å². The number of rotatable bonds is 1. The number of hydrogen-bond acceptors (Lipinski definition) is 3. The number of aromatic carboxylic acids is 1. The van der Waals surface area contributed by atoms with Gasteiger partial charge in [0, 0.05) is 0 Å². The number of carbonyl (C=O) groups excluding carboxylic acids is 1. The van der Waals surface area contributed by atoms with Gasteiger partial charge in [-0.3, -0.25) is 4.79 Å². The van der Waals surface area contributed by atoms with Gasteiger partial charge in [-0.25, -0.2) is 0 Å². The fourth-order valence-corrected chi connectivity index (χ4v) is 0.806. The second kappa shape index (κ2) is 4.51. The average Bonchev–Trinajstić information content (AvgIpc) is 1.94. The van der Waals surface area contributed by atoms with E-state index < -0.39 is 11.5 Å². The molecule has 0 aliphatic heterocycles. The second-order valence-corrected chi connectivity index (χ2v) is 2.69. The zero-order valence-corrected chi connectivity index (χ0v) is 7.84. The first-order chi connectivity index (χ1) is 5.11. The van der Waals surface area contributed by atoms with Crippen molar-refractivity contribution in [3.63, 3.8) is 0 Å². The summed E-state index contributed by atoms with van der Waals surface area (Å²) in [4.78, 5) is 23.0. The number of carbonyl (C=O) groups is 1. The Hall–Kier alpha value is -0.503. The van der Waals surface area contributed by atoms with Crippen LogP contribution in [0, 0.1) is 0 Å². The molecule has 0 unspecified atom stereocenters. The molecule has 58 valence electrons. The van der Waals surface area contributed by atoms with Crippen LogP contribution in [0.2, 0.25) is 0 Å². The molecule has 0 fully saturated rings. The fourth-order valence-electron chi connectivity index (χ4n) is 0.575. The van der Waals surface area contributed by atoms with Gasteiger partial charge in [0.2, 0.25) is 0 Å². The van der Waals surface area contributed by atoms with E-state index in [9.17, 15) is 14.7 Å². The minimum atomic E-state index is -1.39. The van der Waals surface area contributed by atoms with Crippen molar-refractivity contribution in [3.8, 4) is 0 Å². The van der Waals surface area contributed by atoms with E-state index in [4.69, 9.17) is 0 Å². The van der Waals surface area contributed by atoms with E-state index in [2.05, 4.69) is 20.9 Å². The zero-order chi connectivity index (χ0) is 8.43. The number of halogens is 1. The molecule has 0 amide bonds. The average molecular weight is 224 g/mol. The summed E-state index contributed by atoms with van der Waals surface area (Å²) in [5, 5.41) is 10.2. The number of carboxylic acid groups (broad SMARTS) is 1. The first kappa shape index (κ1) is 11.5. The van der Waals surface area contributed by atoms with E-state index in [-0.39, 0.29) is 24.6 Å². The minimum Gasteiger partial charge on any atom is -0.543 e. The largest absolute Gasteiger partial charge is 1.00 e. The van der Waals surface area contributed by atoms with Crippen molar-refractivity contribution in [2.24, 2.45) is 0 Å². The molecule has 1 N–H and O–H groups in total. The zero-order valence-electron chi connectivity index (χ0n) is 6.26. The van der Waals surface area contributed by atoms with Crippen LogP contribution >= 0.6 is 15.9 Å². The van der Waals surface area contributed by atoms with Crippen molar-refractivity contribution in [3.05, 3.63) is 32.7 Å². The summed E-state index contributed by atoms with van der Waals surface area (Å²) in [7, 11) is 0. The second-order valence-electron chi connectivity index (χ2n) is 1.84. The van der Waals surface area contributed by atoms with E-state index in [1.54, 1.807) is 0 Å². The Morgan fingerprint density at radius 1 is 1.50 bits per heavy atom. The molecule has 0 saturated carbocycles. The fraction of sp³-hybridized carbons (Fsp3) is 0. The minimum absolute atomic E-state index is 0. The first-order valence-electron chi connectivity index (χ1n) is 2.71. The number of nitrogens with one attached hydrogen (secondary N) is 1. The molecule has 1 aromatic heterocycles. The summed E-state index contributed by atoms with van der Waals surface area (Å²) in [5.41, 5.74) is -0.704. The predicted molar refractivity (Wildman–Crippen MR) is 39.1 cm³/mol. The predicted octanol–water partition coefficient (Wildman–Crippen LogP) is -3.50. The van der Waals surface area contributed by atoms with Crippen LogP contribution in [0.5, 0.6) is 0 Å². The molecule has 0 aliphatic rings. The Morgan fingerprint density at radius 3 is 2.50 bits per heavy atom. The Morgan fingerprint density at radius 2 is 2.08 bits per heavy atom. The third kappa shape index (κ3) is 2.52. The Balaban J connectivity index is 0.00000121. The van der Waals surface area contributed by atoms with Gasteiger partial charge in [-0.05, 0) is 28.1 Å². The van der Waals surface area contributed by atoms with Crippen LogP contribution in [0.4, 0.5) is 0 Å². The van der Waals surface area contributed by atoms with E-state index in [0.29, 0.717) is 4.47 Å². The summed E-state index contributed by atoms with van der Waals surface area (Å²) >= 11 is 2.92. The summed E-state index contributed by atoms with van der Waals surface area (Å²) in [6.07, 6.45) is 0. The van der Waals surface area contributed by atoms with Crippen LogP contribution < -0.4 is 29.5 Å². The topological polar surface area (TPSA) is 73.0 Å². The molecule has 0 aromatic carbocycles. The van der Waals surface area contributed by atoms with Crippen LogP contribution in [0.15, 0.2) is 21.4 Å². The Kier molecular flexibility index (Phi) is 4.32. The normalized spacial score (nSPS) is 8.75. The SMILES string of the molecule is O=C([O-])c1ccc(Br)c(=O)[nH]1.[Li+]. The van der Waals surface area contributed by atoms with Crippen molar-refractivity contribution in [2.75, 3.05) is 0 Å². The van der Waals surface area contributed by atoms with Crippen LogP contribution in [-0.4, -0.2) is 11.0 Å². The summed E-state index contributed by atoms with van der Waals surface area (Å²) in [6.45, 7) is 0. The van der Waals surface area contributed by atoms with E-state index in [0.717, 1.165) is 0 Å². The monoisotopic (exact) mass is 223 g/mol. The number of H-pyrrole nitrogens is 1. The molecule has 0 aliphatic carbocycles. The van der Waals surface area contributed by atoms with Crippen molar-refractivity contribution in [1.82, 2.24) is 4.98 Å². The van der Waals surface area contributed by atoms with E-state index >= 15 is 0 Å². The Labute approximate surface area is 88.3 Å². The first-order valence-corrected chi connectivity index (χ1v) is 3.51. The Bertz CT molecular complexity index is 349. The molecule has 1 rings (SSSR count). The van der Waals surface area contributed by atoms with Gasteiger partial charge in [-0.1, -0.05) is 0 Å². The quantitative estimate of drug-likeness (QED) is 0.503. The van der Waals surface area contributed by atoms with Gasteiger partial charge in [0.15, 0.2) is 0 Å². The molecule has 12 heavy (non-hydrogen) atoms. The molecule has 1 aromatic rings. The molecule has 0 radical (unpaired) electrons. The number of pyridine rings is 1. The van der Waals surface area contributed by atoms with Crippen LogP contribution in [0.1, 0.15) is 10.5 Å². The number of aromatic nitrogens is 1. The maximum atomic E-state index is 10.8. The third-order valence-corrected chi connectivity index (χ3v) is 1.71. The van der Waals surface area contributed by atoms with Crippen molar-refractivity contribution in [2.45, 2.75) is 0 Å². The van der Waals surface area contributed by atoms with E-state index in [1.807, 2.05) is 0 Å². The number of carboxylic acids is 1. The molecule has 0 spiro atoms. The molecule has 0 saturated heterocycles. The van der Waals surface area contributed by atoms with E-state index in [1.165, 1.54) is 12.1 Å². The van der Waals surface area contributed by atoms with Gasteiger partial charge < -0.3 is 14.9 Å². The van der Waals surface area contributed by atoms with Crippen molar-refractivity contribution < 1.29 is 28.8 Å². The van der Waals surface area contributed by atoms with Gasteiger partial charge in [-0.2, -0.15) is 0 Å².